The Morgan fingerprint density at radius 3 is 2.68 bits per heavy atom. The van der Waals surface area contributed by atoms with E-state index in [-0.39, 0.29) is 17.2 Å². The van der Waals surface area contributed by atoms with Crippen LogP contribution in [0, 0.1) is 12.7 Å². The second-order valence-corrected chi connectivity index (χ2v) is 6.14. The van der Waals surface area contributed by atoms with Gasteiger partial charge in [-0.1, -0.05) is 6.07 Å². The number of nitrogens with zero attached hydrogens (tertiary/aromatic N) is 2. The highest BCUT2D eigenvalue weighted by molar-refractivity contribution is 6.10. The smallest absolute Gasteiger partial charge is 0.320 e. The molecule has 0 aliphatic carbocycles. The molecule has 1 aromatic heterocycles. The molecule has 0 bridgehead atoms. The number of H-pyrrole nitrogens is 1. The molecule has 0 spiro atoms. The molecule has 1 aliphatic heterocycles. The van der Waals surface area contributed by atoms with Crippen molar-refractivity contribution in [2.75, 3.05) is 16.8 Å². The lowest BCUT2D eigenvalue weighted by Crippen LogP contribution is -2.42. The summed E-state index contributed by atoms with van der Waals surface area (Å²) in [4.78, 5) is 42.7. The summed E-state index contributed by atoms with van der Waals surface area (Å²) in [6.07, 6.45) is -5.91. The third-order valence-electron chi connectivity index (χ3n) is 4.14. The number of aryl methyl sites for hydroxylation is 1. The Kier molecular flexibility index (Phi) is 4.92. The Bertz CT molecular complexity index is 1020. The van der Waals surface area contributed by atoms with Gasteiger partial charge in [0.2, 0.25) is 11.8 Å². The van der Waals surface area contributed by atoms with Gasteiger partial charge in [-0.15, -0.1) is 0 Å². The standard InChI is InChI=1S/C17H14F4N4O3/c1-8-22-15(17(19,20)21)9(16(28)23-8)5-6-13(27)25-7-12(26)24-14-10(18)3-2-4-11(14)25/h2-4H,5-7H2,1H3,(H,24,26)(H,22,23,28). The van der Waals surface area contributed by atoms with Crippen molar-refractivity contribution in [3.8, 4) is 0 Å². The van der Waals surface area contributed by atoms with Crippen LogP contribution in [-0.2, 0) is 22.2 Å². The summed E-state index contributed by atoms with van der Waals surface area (Å²) in [5.41, 5.74) is -3.11. The summed E-state index contributed by atoms with van der Waals surface area (Å²) in [6, 6.07) is 3.83. The van der Waals surface area contributed by atoms with E-state index in [9.17, 15) is 31.9 Å². The molecule has 2 N–H and O–H groups in total. The third-order valence-corrected chi connectivity index (χ3v) is 4.14. The monoisotopic (exact) mass is 398 g/mol. The second-order valence-electron chi connectivity index (χ2n) is 6.14. The summed E-state index contributed by atoms with van der Waals surface area (Å²) in [7, 11) is 0. The van der Waals surface area contributed by atoms with Crippen LogP contribution < -0.4 is 15.8 Å². The van der Waals surface area contributed by atoms with Crippen LogP contribution >= 0.6 is 0 Å². The van der Waals surface area contributed by atoms with E-state index in [0.717, 1.165) is 11.0 Å². The van der Waals surface area contributed by atoms with Gasteiger partial charge < -0.3 is 15.2 Å². The number of para-hydroxylation sites is 1. The number of benzene rings is 1. The maximum atomic E-state index is 13.9. The van der Waals surface area contributed by atoms with Crippen LogP contribution in [0.1, 0.15) is 23.5 Å². The van der Waals surface area contributed by atoms with Gasteiger partial charge in [0.1, 0.15) is 23.9 Å². The predicted molar refractivity (Wildman–Crippen MR) is 90.3 cm³/mol. The number of hydrogen-bond acceptors (Lipinski definition) is 4. The number of aromatic amines is 1. The molecule has 0 radical (unpaired) electrons. The summed E-state index contributed by atoms with van der Waals surface area (Å²) in [6.45, 7) is 0.799. The van der Waals surface area contributed by atoms with Gasteiger partial charge in [0.25, 0.3) is 5.56 Å². The van der Waals surface area contributed by atoms with Crippen LogP contribution in [-0.4, -0.2) is 28.3 Å². The van der Waals surface area contributed by atoms with Gasteiger partial charge in [-0.05, 0) is 25.5 Å². The fourth-order valence-corrected chi connectivity index (χ4v) is 2.94. The van der Waals surface area contributed by atoms with Crippen LogP contribution in [0.25, 0.3) is 0 Å². The summed E-state index contributed by atoms with van der Waals surface area (Å²) in [5.74, 6) is -2.32. The number of anilines is 2. The van der Waals surface area contributed by atoms with Gasteiger partial charge in [0, 0.05) is 12.0 Å². The van der Waals surface area contributed by atoms with Crippen molar-refractivity contribution in [2.24, 2.45) is 0 Å². The van der Waals surface area contributed by atoms with Gasteiger partial charge in [-0.3, -0.25) is 14.4 Å². The minimum atomic E-state index is -4.86. The van der Waals surface area contributed by atoms with Gasteiger partial charge in [-0.2, -0.15) is 13.2 Å². The molecule has 148 valence electrons. The van der Waals surface area contributed by atoms with Crippen molar-refractivity contribution >= 4 is 23.2 Å². The average Bonchev–Trinajstić information content (AvgIpc) is 2.59. The Labute approximate surface area is 155 Å². The van der Waals surface area contributed by atoms with Crippen molar-refractivity contribution in [3.05, 3.63) is 51.5 Å². The van der Waals surface area contributed by atoms with E-state index < -0.39 is 60.0 Å². The van der Waals surface area contributed by atoms with Gasteiger partial charge in [0.15, 0.2) is 5.69 Å². The van der Waals surface area contributed by atoms with E-state index >= 15 is 0 Å². The zero-order valence-electron chi connectivity index (χ0n) is 14.5. The summed E-state index contributed by atoms with van der Waals surface area (Å²) >= 11 is 0. The maximum absolute atomic E-state index is 13.9. The highest BCUT2D eigenvalue weighted by Gasteiger charge is 2.37. The molecule has 28 heavy (non-hydrogen) atoms. The van der Waals surface area contributed by atoms with Gasteiger partial charge in [0.05, 0.1) is 5.69 Å². The topological polar surface area (TPSA) is 95.2 Å². The molecule has 2 amide bonds. The van der Waals surface area contributed by atoms with Crippen LogP contribution in [0.3, 0.4) is 0 Å². The Morgan fingerprint density at radius 1 is 1.29 bits per heavy atom. The maximum Gasteiger partial charge on any atom is 0.433 e. The van der Waals surface area contributed by atoms with E-state index in [0.29, 0.717) is 0 Å². The third kappa shape index (κ3) is 3.73. The normalized spacial score (nSPS) is 13.9. The number of hydrogen-bond donors (Lipinski definition) is 2. The second kappa shape index (κ2) is 7.06. The first-order valence-electron chi connectivity index (χ1n) is 8.13. The van der Waals surface area contributed by atoms with Gasteiger partial charge in [-0.25, -0.2) is 9.37 Å². The molecule has 3 rings (SSSR count). The first kappa shape index (κ1) is 19.5. The number of carbonyl (C=O) groups excluding carboxylic acids is 2. The molecule has 0 fully saturated rings. The highest BCUT2D eigenvalue weighted by Crippen LogP contribution is 2.33. The van der Waals surface area contributed by atoms with E-state index in [4.69, 9.17) is 0 Å². The minimum absolute atomic E-state index is 0.0941. The molecule has 0 atom stereocenters. The van der Waals surface area contributed by atoms with Gasteiger partial charge >= 0.3 is 6.18 Å². The summed E-state index contributed by atoms with van der Waals surface area (Å²) < 4.78 is 53.4. The molecular weight excluding hydrogens is 384 g/mol. The number of carbonyl (C=O) groups is 2. The summed E-state index contributed by atoms with van der Waals surface area (Å²) in [5, 5.41) is 2.31. The molecule has 0 saturated heterocycles. The van der Waals surface area contributed by atoms with E-state index in [1.165, 1.54) is 19.1 Å². The molecule has 0 unspecified atom stereocenters. The lowest BCUT2D eigenvalue weighted by Gasteiger charge is -2.29. The largest absolute Gasteiger partial charge is 0.433 e. The van der Waals surface area contributed by atoms with E-state index in [1.54, 1.807) is 0 Å². The van der Waals surface area contributed by atoms with E-state index in [2.05, 4.69) is 15.3 Å². The fraction of sp³-hybridized carbons (Fsp3) is 0.294. The van der Waals surface area contributed by atoms with Crippen LogP contribution in [0.5, 0.6) is 0 Å². The fourth-order valence-electron chi connectivity index (χ4n) is 2.94. The molecule has 0 saturated carbocycles. The van der Waals surface area contributed by atoms with Crippen LogP contribution in [0.15, 0.2) is 23.0 Å². The number of aromatic nitrogens is 2. The predicted octanol–water partition coefficient (Wildman–Crippen LogP) is 2.15. The number of fused-ring (bicyclic) bond motifs is 1. The number of halogens is 4. The van der Waals surface area contributed by atoms with Crippen molar-refractivity contribution in [1.82, 2.24) is 9.97 Å². The number of alkyl halides is 3. The zero-order chi connectivity index (χ0) is 20.6. The van der Waals surface area contributed by atoms with Crippen molar-refractivity contribution in [3.63, 3.8) is 0 Å². The van der Waals surface area contributed by atoms with Crippen molar-refractivity contribution in [2.45, 2.75) is 25.9 Å². The lowest BCUT2D eigenvalue weighted by atomic mass is 10.1. The van der Waals surface area contributed by atoms with E-state index in [1.807, 2.05) is 0 Å². The SMILES string of the molecule is Cc1nc(C(F)(F)F)c(CCC(=O)N2CC(=O)Nc3c(F)cccc32)c(=O)[nH]1. The molecule has 2 heterocycles. The quantitative estimate of drug-likeness (QED) is 0.775. The molecule has 7 nitrogen and oxygen atoms in total. The molecule has 1 aromatic carbocycles. The average molecular weight is 398 g/mol. The highest BCUT2D eigenvalue weighted by atomic mass is 19.4. The molecule has 1 aliphatic rings. The number of rotatable bonds is 3. The Balaban J connectivity index is 1.88. The number of amides is 2. The molecule has 2 aromatic rings. The van der Waals surface area contributed by atoms with Crippen molar-refractivity contribution in [1.29, 1.82) is 0 Å². The lowest BCUT2D eigenvalue weighted by molar-refractivity contribution is -0.142. The first-order chi connectivity index (χ1) is 13.1. The molecule has 11 heteroatoms. The minimum Gasteiger partial charge on any atom is -0.320 e. The molecular formula is C17H14F4N4O3. The van der Waals surface area contributed by atoms with Crippen molar-refractivity contribution < 1.29 is 27.2 Å². The number of nitrogens with one attached hydrogen (secondary N) is 2. The van der Waals surface area contributed by atoms with Crippen LogP contribution in [0.2, 0.25) is 0 Å². The zero-order valence-corrected chi connectivity index (χ0v) is 14.5. The first-order valence-corrected chi connectivity index (χ1v) is 8.13. The Hall–Kier alpha value is -3.24. The Morgan fingerprint density at radius 2 is 2.00 bits per heavy atom. The van der Waals surface area contributed by atoms with Crippen LogP contribution in [0.4, 0.5) is 28.9 Å².